The van der Waals surface area contributed by atoms with E-state index in [1.807, 2.05) is 6.92 Å². The van der Waals surface area contributed by atoms with Crippen molar-refractivity contribution in [2.24, 2.45) is 16.8 Å². The van der Waals surface area contributed by atoms with Crippen LogP contribution in [0.15, 0.2) is 59.0 Å². The van der Waals surface area contributed by atoms with Crippen LogP contribution >= 0.6 is 11.6 Å². The number of hydrazine groups is 1. The summed E-state index contributed by atoms with van der Waals surface area (Å²) in [6, 6.07) is 8.78. The summed E-state index contributed by atoms with van der Waals surface area (Å²) in [6.45, 7) is 7.02. The Morgan fingerprint density at radius 3 is 2.77 bits per heavy atom. The number of hydrogen-bond acceptors (Lipinski definition) is 8. The van der Waals surface area contributed by atoms with E-state index in [1.54, 1.807) is 24.4 Å². The van der Waals surface area contributed by atoms with Gasteiger partial charge in [0, 0.05) is 23.9 Å². The van der Waals surface area contributed by atoms with Crippen molar-refractivity contribution < 1.29 is 23.5 Å². The smallest absolute Gasteiger partial charge is 0.411 e. The number of carbonyl (C=O) groups excluding carboxylic acids is 3. The van der Waals surface area contributed by atoms with Crippen LogP contribution in [0.2, 0.25) is 5.02 Å². The standard InChI is InChI=1S/C30H34ClFN8O4/c1-16-7-5-9-21(39-29(42)27(34-3)17(2)40(33)24-10-6-8-20(31)26(24)32)28-35-15-23(38-28)19-12-11-18(36-30(43)44-4)14-22(19)37-25(41)13-16/h6,8,10-12,14-16,21H,3,5,7,9,13,33H2,1-2,4H3,(H,35,38)(H,36,43)(H,37,41)(H,39,42)/b27-17-/t16-,21-/m0/s1. The SMILES string of the molecule is C=N/C(C(=O)N[C@H]1CCC[C@H](C)CC(=O)Nc2cc(NC(=O)OC)ccc2-c2c[nH]c1n2)=C(/C)N(N)c1cccc(Cl)c1F. The maximum atomic E-state index is 14.7. The van der Waals surface area contributed by atoms with Gasteiger partial charge < -0.3 is 20.4 Å². The summed E-state index contributed by atoms with van der Waals surface area (Å²) < 4.78 is 19.3. The fraction of sp³-hybridized carbons (Fsp3) is 0.300. The molecule has 0 radical (unpaired) electrons. The minimum absolute atomic E-state index is 0.0394. The first-order chi connectivity index (χ1) is 21.0. The molecule has 4 rings (SSSR count). The zero-order chi connectivity index (χ0) is 32.0. The Morgan fingerprint density at radius 1 is 1.27 bits per heavy atom. The van der Waals surface area contributed by atoms with Gasteiger partial charge in [-0.2, -0.15) is 0 Å². The summed E-state index contributed by atoms with van der Waals surface area (Å²) in [5, 5.41) is 9.36. The van der Waals surface area contributed by atoms with Gasteiger partial charge in [0.05, 0.1) is 40.9 Å². The number of nitrogens with two attached hydrogens (primary N) is 1. The maximum Gasteiger partial charge on any atom is 0.411 e. The van der Waals surface area contributed by atoms with Gasteiger partial charge in [0.1, 0.15) is 11.5 Å². The molecule has 1 aliphatic heterocycles. The molecule has 2 bridgehead atoms. The predicted molar refractivity (Wildman–Crippen MR) is 168 cm³/mol. The molecular formula is C30H34ClFN8O4. The number of anilines is 3. The zero-order valence-electron chi connectivity index (χ0n) is 24.5. The van der Waals surface area contributed by atoms with Gasteiger partial charge in [-0.3, -0.25) is 24.9 Å². The number of allylic oxidation sites excluding steroid dienone is 1. The lowest BCUT2D eigenvalue weighted by Crippen LogP contribution is -2.35. The highest BCUT2D eigenvalue weighted by Crippen LogP contribution is 2.33. The van der Waals surface area contributed by atoms with Gasteiger partial charge in [0.25, 0.3) is 5.91 Å². The van der Waals surface area contributed by atoms with E-state index in [2.05, 4.69) is 37.4 Å². The van der Waals surface area contributed by atoms with Gasteiger partial charge >= 0.3 is 6.09 Å². The minimum atomic E-state index is -0.742. The predicted octanol–water partition coefficient (Wildman–Crippen LogP) is 5.67. The Morgan fingerprint density at radius 2 is 2.05 bits per heavy atom. The van der Waals surface area contributed by atoms with Crippen LogP contribution in [-0.4, -0.2) is 41.7 Å². The Kier molecular flexibility index (Phi) is 10.3. The van der Waals surface area contributed by atoms with Crippen molar-refractivity contribution in [2.75, 3.05) is 22.8 Å². The van der Waals surface area contributed by atoms with Crippen LogP contribution in [0.3, 0.4) is 0 Å². The van der Waals surface area contributed by atoms with Crippen molar-refractivity contribution in [3.63, 3.8) is 0 Å². The number of amides is 3. The third kappa shape index (κ3) is 7.41. The average molecular weight is 625 g/mol. The van der Waals surface area contributed by atoms with E-state index in [0.717, 1.165) is 5.01 Å². The molecule has 3 amide bonds. The number of aromatic amines is 1. The highest BCUT2D eigenvalue weighted by molar-refractivity contribution is 6.31. The number of benzene rings is 2. The topological polar surface area (TPSA) is 167 Å². The highest BCUT2D eigenvalue weighted by atomic mass is 35.5. The average Bonchev–Trinajstić information content (AvgIpc) is 3.47. The number of nitrogens with one attached hydrogen (secondary N) is 4. The van der Waals surface area contributed by atoms with E-state index in [0.29, 0.717) is 47.7 Å². The number of ether oxygens (including phenoxy) is 1. The molecule has 12 nitrogen and oxygen atoms in total. The van der Waals surface area contributed by atoms with Crippen LogP contribution in [0.5, 0.6) is 0 Å². The number of hydrogen-bond donors (Lipinski definition) is 5. The molecule has 44 heavy (non-hydrogen) atoms. The van der Waals surface area contributed by atoms with Crippen LogP contribution < -0.4 is 26.8 Å². The third-order valence-electron chi connectivity index (χ3n) is 7.23. The Balaban J connectivity index is 1.67. The second-order valence-electron chi connectivity index (χ2n) is 10.4. The molecule has 1 aliphatic rings. The normalized spacial score (nSPS) is 17.4. The van der Waals surface area contributed by atoms with Crippen LogP contribution in [-0.2, 0) is 14.3 Å². The molecule has 0 aliphatic carbocycles. The largest absolute Gasteiger partial charge is 0.453 e. The molecule has 14 heteroatoms. The van der Waals surface area contributed by atoms with E-state index < -0.39 is 23.9 Å². The van der Waals surface area contributed by atoms with Gasteiger partial charge in [0.15, 0.2) is 5.82 Å². The number of nitrogens with zero attached hydrogens (tertiary/aromatic N) is 3. The first-order valence-electron chi connectivity index (χ1n) is 13.8. The molecule has 0 saturated heterocycles. The van der Waals surface area contributed by atoms with Crippen molar-refractivity contribution in [2.45, 2.75) is 45.6 Å². The van der Waals surface area contributed by atoms with Crippen molar-refractivity contribution >= 4 is 53.3 Å². The van der Waals surface area contributed by atoms with Gasteiger partial charge in [-0.25, -0.2) is 20.0 Å². The van der Waals surface area contributed by atoms with E-state index in [1.165, 1.54) is 32.2 Å². The van der Waals surface area contributed by atoms with E-state index in [-0.39, 0.29) is 40.4 Å². The summed E-state index contributed by atoms with van der Waals surface area (Å²) in [5.41, 5.74) is 1.97. The number of imidazole rings is 1. The van der Waals surface area contributed by atoms with Gasteiger partial charge in [-0.15, -0.1) is 0 Å². The molecular weight excluding hydrogens is 591 g/mol. The van der Waals surface area contributed by atoms with Gasteiger partial charge in [-0.1, -0.05) is 37.4 Å². The Hall–Kier alpha value is -4.75. The number of methoxy groups -OCH3 is 1. The fourth-order valence-electron chi connectivity index (χ4n) is 4.89. The maximum absolute atomic E-state index is 14.7. The molecule has 0 spiro atoms. The first kappa shape index (κ1) is 32.2. The van der Waals surface area contributed by atoms with Crippen molar-refractivity contribution in [1.29, 1.82) is 0 Å². The molecule has 6 N–H and O–H groups in total. The second kappa shape index (κ2) is 14.1. The van der Waals surface area contributed by atoms with Crippen molar-refractivity contribution in [3.05, 3.63) is 70.7 Å². The lowest BCUT2D eigenvalue weighted by molar-refractivity contribution is -0.118. The minimum Gasteiger partial charge on any atom is -0.453 e. The summed E-state index contributed by atoms with van der Waals surface area (Å²) in [4.78, 5) is 50.0. The molecule has 0 saturated carbocycles. The Bertz CT molecular complexity index is 1610. The first-order valence-corrected chi connectivity index (χ1v) is 14.2. The van der Waals surface area contributed by atoms with Crippen LogP contribution in [0.25, 0.3) is 11.3 Å². The number of halogens is 2. The summed E-state index contributed by atoms with van der Waals surface area (Å²) >= 11 is 5.91. The van der Waals surface area contributed by atoms with Crippen molar-refractivity contribution in [1.82, 2.24) is 15.3 Å². The monoisotopic (exact) mass is 624 g/mol. The third-order valence-corrected chi connectivity index (χ3v) is 7.52. The molecule has 0 fully saturated rings. The molecule has 2 heterocycles. The lowest BCUT2D eigenvalue weighted by atomic mass is 9.97. The lowest BCUT2D eigenvalue weighted by Gasteiger charge is -2.23. The Labute approximate surface area is 258 Å². The number of H-pyrrole nitrogens is 1. The molecule has 2 atom stereocenters. The number of aromatic nitrogens is 2. The van der Waals surface area contributed by atoms with Gasteiger partial charge in [-0.05, 0) is 56.3 Å². The summed E-state index contributed by atoms with van der Waals surface area (Å²) in [5.74, 6) is 5.17. The van der Waals surface area contributed by atoms with Gasteiger partial charge in [0.2, 0.25) is 5.91 Å². The van der Waals surface area contributed by atoms with Crippen LogP contribution in [0, 0.1) is 11.7 Å². The second-order valence-corrected chi connectivity index (χ2v) is 10.8. The summed E-state index contributed by atoms with van der Waals surface area (Å²) in [6.07, 6.45) is 3.16. The van der Waals surface area contributed by atoms with E-state index >= 15 is 0 Å². The summed E-state index contributed by atoms with van der Waals surface area (Å²) in [7, 11) is 1.26. The van der Waals surface area contributed by atoms with Crippen LogP contribution in [0.1, 0.15) is 51.4 Å². The highest BCUT2D eigenvalue weighted by Gasteiger charge is 2.25. The number of aliphatic imine (C=N–C) groups is 1. The molecule has 1 aromatic heterocycles. The quantitative estimate of drug-likeness (QED) is 0.102. The van der Waals surface area contributed by atoms with Crippen LogP contribution in [0.4, 0.5) is 26.2 Å². The van der Waals surface area contributed by atoms with E-state index in [4.69, 9.17) is 22.4 Å². The zero-order valence-corrected chi connectivity index (χ0v) is 25.3. The molecule has 232 valence electrons. The number of fused-ring (bicyclic) bond motifs is 4. The number of carbonyl (C=O) groups is 3. The van der Waals surface area contributed by atoms with E-state index in [9.17, 15) is 18.8 Å². The fourth-order valence-corrected chi connectivity index (χ4v) is 5.06. The molecule has 0 unspecified atom stereocenters. The molecule has 3 aromatic rings. The number of rotatable bonds is 6. The van der Waals surface area contributed by atoms with Crippen molar-refractivity contribution in [3.8, 4) is 11.3 Å². The molecule has 2 aromatic carbocycles.